The summed E-state index contributed by atoms with van der Waals surface area (Å²) in [5, 5.41) is -0.0728. The zero-order chi connectivity index (χ0) is 21.5. The lowest BCUT2D eigenvalue weighted by Crippen LogP contribution is -2.14. The highest BCUT2D eigenvalue weighted by Gasteiger charge is 2.21. The van der Waals surface area contributed by atoms with Gasteiger partial charge in [0.15, 0.2) is 9.84 Å². The molecule has 10 heteroatoms. The highest BCUT2D eigenvalue weighted by molar-refractivity contribution is 7.93. The third-order valence-corrected chi connectivity index (χ3v) is 7.44. The van der Waals surface area contributed by atoms with E-state index >= 15 is 0 Å². The van der Waals surface area contributed by atoms with Gasteiger partial charge in [-0.05, 0) is 54.6 Å². The summed E-state index contributed by atoms with van der Waals surface area (Å²) >= 11 is 6.02. The number of nitrogens with zero attached hydrogens (tertiary/aromatic N) is 2. The van der Waals surface area contributed by atoms with Crippen LogP contribution < -0.4 is 4.72 Å². The molecular weight excluding hydrogens is 446 g/mol. The Morgan fingerprint density at radius 1 is 0.933 bits per heavy atom. The monoisotopic (exact) mass is 461 g/mol. The van der Waals surface area contributed by atoms with Crippen LogP contribution in [0.5, 0.6) is 0 Å². The fourth-order valence-electron chi connectivity index (χ4n) is 2.99. The number of benzene rings is 3. The van der Waals surface area contributed by atoms with E-state index in [0.29, 0.717) is 5.69 Å². The lowest BCUT2D eigenvalue weighted by Gasteiger charge is -2.12. The Bertz CT molecular complexity index is 1460. The van der Waals surface area contributed by atoms with Crippen molar-refractivity contribution in [2.24, 2.45) is 0 Å². The molecule has 4 rings (SSSR count). The van der Waals surface area contributed by atoms with Crippen LogP contribution in [0.4, 0.5) is 5.69 Å². The summed E-state index contributed by atoms with van der Waals surface area (Å²) in [7, 11) is -7.68. The quantitative estimate of drug-likeness (QED) is 0.486. The van der Waals surface area contributed by atoms with Crippen LogP contribution in [0, 0.1) is 0 Å². The Hall–Kier alpha value is -2.88. The predicted molar refractivity (Wildman–Crippen MR) is 116 cm³/mol. The van der Waals surface area contributed by atoms with Crippen LogP contribution in [0.15, 0.2) is 82.8 Å². The lowest BCUT2D eigenvalue weighted by atomic mass is 10.2. The van der Waals surface area contributed by atoms with E-state index in [0.717, 1.165) is 29.0 Å². The summed E-state index contributed by atoms with van der Waals surface area (Å²) in [6, 6.07) is 17.9. The van der Waals surface area contributed by atoms with E-state index in [1.54, 1.807) is 30.6 Å². The van der Waals surface area contributed by atoms with E-state index in [4.69, 9.17) is 11.6 Å². The zero-order valence-corrected chi connectivity index (χ0v) is 18.0. The van der Waals surface area contributed by atoms with Gasteiger partial charge in [-0.15, -0.1) is 0 Å². The summed E-state index contributed by atoms with van der Waals surface area (Å²) in [6.07, 6.45) is 2.69. The molecule has 1 aromatic heterocycles. The summed E-state index contributed by atoms with van der Waals surface area (Å²) in [6.45, 7) is 0. The maximum atomic E-state index is 12.8. The SMILES string of the molecule is CS(=O)(=O)c1ccc(Cl)c(S(=O)(=O)Nc2ccc(-n3cnc4ccccc43)cc2)c1. The van der Waals surface area contributed by atoms with Gasteiger partial charge in [0.25, 0.3) is 10.0 Å². The summed E-state index contributed by atoms with van der Waals surface area (Å²) in [5.41, 5.74) is 2.89. The molecule has 30 heavy (non-hydrogen) atoms. The van der Waals surface area contributed by atoms with Crippen molar-refractivity contribution in [3.05, 3.63) is 78.1 Å². The van der Waals surface area contributed by atoms with Crippen molar-refractivity contribution in [3.8, 4) is 5.69 Å². The molecule has 154 valence electrons. The van der Waals surface area contributed by atoms with Gasteiger partial charge in [-0.2, -0.15) is 0 Å². The molecule has 0 unspecified atom stereocenters. The van der Waals surface area contributed by atoms with Crippen molar-refractivity contribution in [1.82, 2.24) is 9.55 Å². The third-order valence-electron chi connectivity index (χ3n) is 4.47. The molecule has 0 fully saturated rings. The molecule has 3 aromatic carbocycles. The molecule has 0 bridgehead atoms. The smallest absolute Gasteiger partial charge is 0.263 e. The Labute approximate surface area is 178 Å². The lowest BCUT2D eigenvalue weighted by molar-refractivity contribution is 0.600. The molecule has 0 aliphatic carbocycles. The number of hydrogen-bond acceptors (Lipinski definition) is 5. The molecule has 7 nitrogen and oxygen atoms in total. The molecule has 0 aliphatic rings. The fourth-order valence-corrected chi connectivity index (χ4v) is 5.29. The maximum Gasteiger partial charge on any atom is 0.263 e. The van der Waals surface area contributed by atoms with Crippen LogP contribution in [0.1, 0.15) is 0 Å². The van der Waals surface area contributed by atoms with Crippen molar-refractivity contribution in [2.75, 3.05) is 11.0 Å². The molecule has 0 spiro atoms. The van der Waals surface area contributed by atoms with Gasteiger partial charge >= 0.3 is 0 Å². The van der Waals surface area contributed by atoms with Crippen molar-refractivity contribution in [3.63, 3.8) is 0 Å². The normalized spacial score (nSPS) is 12.2. The minimum absolute atomic E-state index is 0.0728. The van der Waals surface area contributed by atoms with E-state index in [-0.39, 0.29) is 14.8 Å². The molecule has 0 radical (unpaired) electrons. The first-order chi connectivity index (χ1) is 14.1. The first-order valence-electron chi connectivity index (χ1n) is 8.70. The average Bonchev–Trinajstić information content (AvgIpc) is 3.12. The minimum atomic E-state index is -4.09. The van der Waals surface area contributed by atoms with Crippen LogP contribution in [-0.4, -0.2) is 32.6 Å². The number of hydrogen-bond donors (Lipinski definition) is 1. The van der Waals surface area contributed by atoms with E-state index < -0.39 is 19.9 Å². The van der Waals surface area contributed by atoms with Gasteiger partial charge in [-0.1, -0.05) is 23.7 Å². The van der Waals surface area contributed by atoms with Gasteiger partial charge in [-0.3, -0.25) is 9.29 Å². The molecule has 1 N–H and O–H groups in total. The molecule has 4 aromatic rings. The van der Waals surface area contributed by atoms with Crippen LogP contribution in [0.3, 0.4) is 0 Å². The number of nitrogens with one attached hydrogen (secondary N) is 1. The minimum Gasteiger partial charge on any atom is -0.299 e. The predicted octanol–water partition coefficient (Wildman–Crippen LogP) is 3.88. The first-order valence-corrected chi connectivity index (χ1v) is 12.5. The molecule has 0 aliphatic heterocycles. The second kappa shape index (κ2) is 7.42. The van der Waals surface area contributed by atoms with Crippen LogP contribution in [0.2, 0.25) is 5.02 Å². The van der Waals surface area contributed by atoms with Gasteiger partial charge < -0.3 is 0 Å². The topological polar surface area (TPSA) is 98.1 Å². The van der Waals surface area contributed by atoms with E-state index in [1.165, 1.54) is 12.1 Å². The Morgan fingerprint density at radius 3 is 2.33 bits per heavy atom. The van der Waals surface area contributed by atoms with Crippen molar-refractivity contribution < 1.29 is 16.8 Å². The Morgan fingerprint density at radius 2 is 1.63 bits per heavy atom. The maximum absolute atomic E-state index is 12.8. The van der Waals surface area contributed by atoms with Crippen molar-refractivity contribution >= 4 is 48.2 Å². The number of rotatable bonds is 5. The molecule has 0 amide bonds. The number of anilines is 1. The highest BCUT2D eigenvalue weighted by atomic mass is 35.5. The van der Waals surface area contributed by atoms with Gasteiger partial charge in [0.1, 0.15) is 11.2 Å². The highest BCUT2D eigenvalue weighted by Crippen LogP contribution is 2.27. The Balaban J connectivity index is 1.65. The van der Waals surface area contributed by atoms with Crippen molar-refractivity contribution in [2.45, 2.75) is 9.79 Å². The van der Waals surface area contributed by atoms with Crippen LogP contribution in [-0.2, 0) is 19.9 Å². The summed E-state index contributed by atoms with van der Waals surface area (Å²) in [4.78, 5) is 3.90. The van der Waals surface area contributed by atoms with Crippen LogP contribution in [0.25, 0.3) is 16.7 Å². The number of aromatic nitrogens is 2. The van der Waals surface area contributed by atoms with Gasteiger partial charge in [0, 0.05) is 17.6 Å². The number of sulfonamides is 1. The van der Waals surface area contributed by atoms with Gasteiger partial charge in [0.05, 0.1) is 21.0 Å². The summed E-state index contributed by atoms with van der Waals surface area (Å²) in [5.74, 6) is 0. The largest absolute Gasteiger partial charge is 0.299 e. The van der Waals surface area contributed by atoms with Gasteiger partial charge in [0.2, 0.25) is 0 Å². The van der Waals surface area contributed by atoms with E-state index in [9.17, 15) is 16.8 Å². The fraction of sp³-hybridized carbons (Fsp3) is 0.0500. The average molecular weight is 462 g/mol. The summed E-state index contributed by atoms with van der Waals surface area (Å²) < 4.78 is 53.4. The first kappa shape index (κ1) is 20.4. The van der Waals surface area contributed by atoms with E-state index in [1.807, 2.05) is 28.8 Å². The molecular formula is C20H16ClN3O4S2. The standard InChI is InChI=1S/C20H16ClN3O4S2/c1-29(25,26)16-10-11-17(21)20(12-16)30(27,28)23-14-6-8-15(9-7-14)24-13-22-18-4-2-3-5-19(18)24/h2-13,23H,1H3. The molecule has 0 saturated carbocycles. The van der Waals surface area contributed by atoms with Crippen molar-refractivity contribution in [1.29, 1.82) is 0 Å². The van der Waals surface area contributed by atoms with E-state index in [2.05, 4.69) is 9.71 Å². The number of fused-ring (bicyclic) bond motifs is 1. The second-order valence-electron chi connectivity index (χ2n) is 6.62. The number of imidazole rings is 1. The third kappa shape index (κ3) is 3.91. The molecule has 1 heterocycles. The number of para-hydroxylation sites is 2. The number of halogens is 1. The van der Waals surface area contributed by atoms with Crippen LogP contribution >= 0.6 is 11.6 Å². The zero-order valence-electron chi connectivity index (χ0n) is 15.7. The number of sulfone groups is 1. The molecule has 0 saturated heterocycles. The Kier molecular flexibility index (Phi) is 5.05. The second-order valence-corrected chi connectivity index (χ2v) is 10.7. The molecule has 0 atom stereocenters. The van der Waals surface area contributed by atoms with Gasteiger partial charge in [-0.25, -0.2) is 21.8 Å².